The molecule has 0 spiro atoms. The van der Waals surface area contributed by atoms with Gasteiger partial charge in [0.25, 0.3) is 0 Å². The summed E-state index contributed by atoms with van der Waals surface area (Å²) in [6, 6.07) is 10.3. The maximum atomic E-state index is 13.3. The van der Waals surface area contributed by atoms with Crippen molar-refractivity contribution in [2.75, 3.05) is 5.32 Å². The van der Waals surface area contributed by atoms with Crippen LogP contribution in [0.5, 0.6) is 0 Å². The minimum atomic E-state index is -0.305. The predicted molar refractivity (Wildman–Crippen MR) is 86.2 cm³/mol. The number of benzene rings is 1. The maximum Gasteiger partial charge on any atom is 0.243 e. The van der Waals surface area contributed by atoms with Gasteiger partial charge in [-0.3, -0.25) is 4.98 Å². The van der Waals surface area contributed by atoms with E-state index in [0.29, 0.717) is 17.2 Å². The highest BCUT2D eigenvalue weighted by Crippen LogP contribution is 2.18. The number of nitrogens with zero attached hydrogens (tertiary/aromatic N) is 4. The molecule has 2 heterocycles. The fraction of sp³-hybridized carbons (Fsp3) is 0.176. The average molecular weight is 309 g/mol. The third-order valence-electron chi connectivity index (χ3n) is 3.32. The minimum absolute atomic E-state index is 0.115. The van der Waals surface area contributed by atoms with Crippen LogP contribution in [0, 0.1) is 5.82 Å². The lowest BCUT2D eigenvalue weighted by Crippen LogP contribution is -2.20. The lowest BCUT2D eigenvalue weighted by molar-refractivity contribution is 0.628. The summed E-state index contributed by atoms with van der Waals surface area (Å²) in [6.45, 7) is 2.03. The summed E-state index contributed by atoms with van der Waals surface area (Å²) in [5, 5.41) is 11.1. The highest BCUT2D eigenvalue weighted by Gasteiger charge is 2.08. The first-order valence-electron chi connectivity index (χ1n) is 7.32. The number of nitrogens with one attached hydrogen (secondary N) is 1. The normalized spacial score (nSPS) is 11.9. The smallest absolute Gasteiger partial charge is 0.243 e. The van der Waals surface area contributed by atoms with E-state index in [1.165, 1.54) is 18.3 Å². The van der Waals surface area contributed by atoms with Gasteiger partial charge < -0.3 is 5.32 Å². The maximum absolute atomic E-state index is 13.3. The molecule has 0 fully saturated rings. The Balaban J connectivity index is 1.72. The first-order chi connectivity index (χ1) is 11.2. The van der Waals surface area contributed by atoms with Gasteiger partial charge in [0.05, 0.1) is 11.9 Å². The van der Waals surface area contributed by atoms with Crippen molar-refractivity contribution >= 4 is 5.95 Å². The summed E-state index contributed by atoms with van der Waals surface area (Å²) in [6.07, 6.45) is 5.89. The van der Waals surface area contributed by atoms with Gasteiger partial charge in [0, 0.05) is 24.0 Å². The van der Waals surface area contributed by atoms with Crippen LogP contribution in [0.25, 0.3) is 11.3 Å². The number of aromatic nitrogens is 4. The third kappa shape index (κ3) is 4.06. The summed E-state index contributed by atoms with van der Waals surface area (Å²) in [4.78, 5) is 8.50. The fourth-order valence-corrected chi connectivity index (χ4v) is 2.30. The second-order valence-electron chi connectivity index (χ2n) is 5.29. The lowest BCUT2D eigenvalue weighted by Gasteiger charge is -2.13. The molecule has 0 saturated carbocycles. The summed E-state index contributed by atoms with van der Waals surface area (Å²) >= 11 is 0. The summed E-state index contributed by atoms with van der Waals surface area (Å²) < 4.78 is 13.3. The van der Waals surface area contributed by atoms with Crippen LogP contribution in [-0.4, -0.2) is 26.2 Å². The molecule has 3 aromatic rings. The van der Waals surface area contributed by atoms with E-state index in [2.05, 4.69) is 25.5 Å². The molecule has 5 nitrogen and oxygen atoms in total. The van der Waals surface area contributed by atoms with Crippen molar-refractivity contribution in [1.29, 1.82) is 0 Å². The minimum Gasteiger partial charge on any atom is -0.350 e. The molecular weight excluding hydrogens is 293 g/mol. The zero-order chi connectivity index (χ0) is 16.1. The van der Waals surface area contributed by atoms with Crippen LogP contribution in [0.2, 0.25) is 0 Å². The van der Waals surface area contributed by atoms with Crippen LogP contribution in [0.4, 0.5) is 10.3 Å². The molecule has 0 saturated heterocycles. The number of anilines is 1. The monoisotopic (exact) mass is 309 g/mol. The highest BCUT2D eigenvalue weighted by atomic mass is 19.1. The Morgan fingerprint density at radius 1 is 1.17 bits per heavy atom. The summed E-state index contributed by atoms with van der Waals surface area (Å²) in [5.74, 6) is 0.115. The van der Waals surface area contributed by atoms with Gasteiger partial charge in [-0.15, -0.1) is 5.10 Å². The first kappa shape index (κ1) is 15.0. The zero-order valence-electron chi connectivity index (χ0n) is 12.6. The predicted octanol–water partition coefficient (Wildman–Crippen LogP) is 3.12. The van der Waals surface area contributed by atoms with Crippen LogP contribution in [0.3, 0.4) is 0 Å². The van der Waals surface area contributed by atoms with E-state index < -0.39 is 0 Å². The molecule has 1 aromatic carbocycles. The average Bonchev–Trinajstić information content (AvgIpc) is 2.56. The van der Waals surface area contributed by atoms with E-state index in [-0.39, 0.29) is 11.9 Å². The SMILES string of the molecule is CC(Cc1cccnc1)Nc1nncc(-c2cccc(F)c2)n1. The van der Waals surface area contributed by atoms with Gasteiger partial charge in [0.2, 0.25) is 5.95 Å². The standard InChI is InChI=1S/C17H16FN5/c1-12(8-13-4-3-7-19-10-13)21-17-22-16(11-20-23-17)14-5-2-6-15(18)9-14/h2-7,9-12H,8H2,1H3,(H,21,22,23). The molecule has 116 valence electrons. The molecule has 1 N–H and O–H groups in total. The molecule has 0 aliphatic rings. The molecule has 0 amide bonds. The number of halogens is 1. The van der Waals surface area contributed by atoms with Gasteiger partial charge in [-0.05, 0) is 37.1 Å². The quantitative estimate of drug-likeness (QED) is 0.784. The first-order valence-corrected chi connectivity index (χ1v) is 7.32. The van der Waals surface area contributed by atoms with E-state index in [1.54, 1.807) is 18.3 Å². The highest BCUT2D eigenvalue weighted by molar-refractivity contribution is 5.58. The second-order valence-corrected chi connectivity index (χ2v) is 5.29. The molecule has 1 atom stereocenters. The Kier molecular flexibility index (Phi) is 4.52. The molecule has 23 heavy (non-hydrogen) atoms. The lowest BCUT2D eigenvalue weighted by atomic mass is 10.1. The molecule has 0 bridgehead atoms. The van der Waals surface area contributed by atoms with Crippen molar-refractivity contribution in [3.63, 3.8) is 0 Å². The Morgan fingerprint density at radius 3 is 2.87 bits per heavy atom. The number of pyridine rings is 1. The third-order valence-corrected chi connectivity index (χ3v) is 3.32. The van der Waals surface area contributed by atoms with Crippen LogP contribution >= 0.6 is 0 Å². The molecule has 6 heteroatoms. The van der Waals surface area contributed by atoms with Crippen LogP contribution in [0.1, 0.15) is 12.5 Å². The van der Waals surface area contributed by atoms with Crippen molar-refractivity contribution < 1.29 is 4.39 Å². The Hall–Kier alpha value is -2.89. The number of hydrogen-bond donors (Lipinski definition) is 1. The van der Waals surface area contributed by atoms with E-state index in [4.69, 9.17) is 0 Å². The van der Waals surface area contributed by atoms with Crippen molar-refractivity contribution in [2.45, 2.75) is 19.4 Å². The molecule has 0 aliphatic carbocycles. The zero-order valence-corrected chi connectivity index (χ0v) is 12.6. The van der Waals surface area contributed by atoms with Crippen LogP contribution in [0.15, 0.2) is 55.0 Å². The topological polar surface area (TPSA) is 63.6 Å². The number of rotatable bonds is 5. The Labute approximate surface area is 133 Å². The van der Waals surface area contributed by atoms with E-state index in [1.807, 2.05) is 25.3 Å². The number of hydrogen-bond acceptors (Lipinski definition) is 5. The molecule has 2 aromatic heterocycles. The molecule has 1 unspecified atom stereocenters. The van der Waals surface area contributed by atoms with Crippen molar-refractivity contribution in [1.82, 2.24) is 20.2 Å². The molecule has 0 radical (unpaired) electrons. The fourth-order valence-electron chi connectivity index (χ4n) is 2.30. The van der Waals surface area contributed by atoms with Gasteiger partial charge in [-0.2, -0.15) is 5.10 Å². The van der Waals surface area contributed by atoms with Crippen molar-refractivity contribution in [3.05, 3.63) is 66.4 Å². The van der Waals surface area contributed by atoms with Gasteiger partial charge >= 0.3 is 0 Å². The van der Waals surface area contributed by atoms with E-state index in [9.17, 15) is 4.39 Å². The van der Waals surface area contributed by atoms with E-state index in [0.717, 1.165) is 12.0 Å². The van der Waals surface area contributed by atoms with Gasteiger partial charge in [0.15, 0.2) is 0 Å². The Morgan fingerprint density at radius 2 is 2.09 bits per heavy atom. The molecular formula is C17H16FN5. The van der Waals surface area contributed by atoms with Gasteiger partial charge in [-0.25, -0.2) is 9.37 Å². The van der Waals surface area contributed by atoms with Crippen LogP contribution < -0.4 is 5.32 Å². The second kappa shape index (κ2) is 6.91. The van der Waals surface area contributed by atoms with Gasteiger partial charge in [0.1, 0.15) is 5.82 Å². The molecule has 3 rings (SSSR count). The van der Waals surface area contributed by atoms with Crippen LogP contribution in [-0.2, 0) is 6.42 Å². The van der Waals surface area contributed by atoms with Crippen molar-refractivity contribution in [2.24, 2.45) is 0 Å². The largest absolute Gasteiger partial charge is 0.350 e. The van der Waals surface area contributed by atoms with Gasteiger partial charge in [-0.1, -0.05) is 18.2 Å². The Bertz CT molecular complexity index is 779. The summed E-state index contributed by atoms with van der Waals surface area (Å²) in [7, 11) is 0. The molecule has 0 aliphatic heterocycles. The van der Waals surface area contributed by atoms with Crippen molar-refractivity contribution in [3.8, 4) is 11.3 Å². The summed E-state index contributed by atoms with van der Waals surface area (Å²) in [5.41, 5.74) is 2.38. The van der Waals surface area contributed by atoms with E-state index >= 15 is 0 Å².